The van der Waals surface area contributed by atoms with Crippen LogP contribution in [0.15, 0.2) is 47.7 Å². The van der Waals surface area contributed by atoms with Crippen LogP contribution < -0.4 is 4.90 Å². The number of ether oxygens (including phenoxy) is 1. The fourth-order valence-corrected chi connectivity index (χ4v) is 3.38. The van der Waals surface area contributed by atoms with Gasteiger partial charge < -0.3 is 9.64 Å². The van der Waals surface area contributed by atoms with Gasteiger partial charge in [-0.15, -0.1) is 11.3 Å². The highest BCUT2D eigenvalue weighted by Gasteiger charge is 2.42. The summed E-state index contributed by atoms with van der Waals surface area (Å²) in [4.78, 5) is 15.3. The van der Waals surface area contributed by atoms with Crippen molar-refractivity contribution in [3.63, 3.8) is 0 Å². The van der Waals surface area contributed by atoms with Crippen molar-refractivity contribution in [1.82, 2.24) is 4.90 Å². The molecule has 1 aromatic heterocycles. The Balaban J connectivity index is 2.17. The van der Waals surface area contributed by atoms with E-state index >= 15 is 0 Å². The van der Waals surface area contributed by atoms with Crippen LogP contribution in [0.3, 0.4) is 0 Å². The molecule has 0 atom stereocenters. The topological polar surface area (TPSA) is 32.8 Å². The number of thiophene rings is 1. The van der Waals surface area contributed by atoms with Gasteiger partial charge in [0.1, 0.15) is 5.72 Å². The molecule has 0 spiro atoms. The Kier molecular flexibility index (Phi) is 2.62. The van der Waals surface area contributed by atoms with Gasteiger partial charge in [-0.2, -0.15) is 0 Å². The fourth-order valence-electron chi connectivity index (χ4n) is 2.81. The normalized spacial score (nSPS) is 27.6. The van der Waals surface area contributed by atoms with Crippen molar-refractivity contribution in [1.29, 1.82) is 0 Å². The average Bonchev–Trinajstić information content (AvgIpc) is 3.38. The lowest BCUT2D eigenvalue weighted by molar-refractivity contribution is -0.128. The number of nitrogens with zero attached hydrogens (tertiary/aromatic N) is 2. The van der Waals surface area contributed by atoms with E-state index in [0.717, 1.165) is 16.2 Å². The van der Waals surface area contributed by atoms with Gasteiger partial charge in [-0.25, -0.2) is 0 Å². The highest BCUT2D eigenvalue weighted by atomic mass is 32.1. The first-order chi connectivity index (χ1) is 18.6. The summed E-state index contributed by atoms with van der Waals surface area (Å²) in [6.45, 7) is -6.32. The van der Waals surface area contributed by atoms with Crippen molar-refractivity contribution in [2.75, 3.05) is 31.5 Å². The molecule has 0 unspecified atom stereocenters. The molecule has 2 aromatic rings. The summed E-state index contributed by atoms with van der Waals surface area (Å²) in [6.07, 6.45) is -4.75. The number of hydrogen-bond donors (Lipinski definition) is 0. The Hall–Kier alpha value is -1.69. The minimum atomic E-state index is -3.22. The van der Waals surface area contributed by atoms with Crippen molar-refractivity contribution < 1.29 is 30.1 Å². The highest BCUT2D eigenvalue weighted by molar-refractivity contribution is 7.09. The van der Waals surface area contributed by atoms with Crippen LogP contribution in [0.5, 0.6) is 0 Å². The summed E-state index contributed by atoms with van der Waals surface area (Å²) >= 11 is 1.01. The first-order valence-corrected chi connectivity index (χ1v) is 8.83. The van der Waals surface area contributed by atoms with Crippen molar-refractivity contribution in [2.24, 2.45) is 0 Å². The standard InChI is InChI=1S/C21H28N2O2S/c1-3-20(24)23(18-8-5-4-6-9-18)21(25-2)12-15-22(16-13-21)14-11-19-10-7-17-26-19/h4-10,17H,3,11-16H2,1-2H3/i1D3,2D3,4D,5D,6D,8D,9D,11D2,14D2. The van der Waals surface area contributed by atoms with Gasteiger partial charge in [0.2, 0.25) is 5.91 Å². The van der Waals surface area contributed by atoms with Crippen LogP contribution in [0, 0.1) is 0 Å². The van der Waals surface area contributed by atoms with E-state index in [2.05, 4.69) is 0 Å². The lowest BCUT2D eigenvalue weighted by atomic mass is 9.96. The second-order valence-corrected chi connectivity index (χ2v) is 6.58. The van der Waals surface area contributed by atoms with Gasteiger partial charge in [-0.3, -0.25) is 9.69 Å². The molecule has 1 amide bonds. The molecule has 0 aliphatic carbocycles. The van der Waals surface area contributed by atoms with Crippen molar-refractivity contribution >= 4 is 22.9 Å². The van der Waals surface area contributed by atoms with Crippen molar-refractivity contribution in [3.05, 3.63) is 52.6 Å². The molecule has 1 aliphatic heterocycles. The number of carbonyl (C=O) groups is 1. The van der Waals surface area contributed by atoms with E-state index in [1.54, 1.807) is 11.4 Å². The molecule has 2 heterocycles. The quantitative estimate of drug-likeness (QED) is 0.669. The molecule has 0 radical (unpaired) electrons. The molecule has 1 aliphatic rings. The lowest BCUT2D eigenvalue weighted by Gasteiger charge is -2.47. The number of carbonyl (C=O) groups excluding carboxylic acids is 1. The van der Waals surface area contributed by atoms with Crippen LogP contribution in [-0.4, -0.2) is 43.2 Å². The first kappa shape index (κ1) is 7.74. The average molecular weight is 388 g/mol. The summed E-state index contributed by atoms with van der Waals surface area (Å²) in [7, 11) is -3.22. The number of benzene rings is 1. The maximum Gasteiger partial charge on any atom is 0.229 e. The van der Waals surface area contributed by atoms with Gasteiger partial charge in [0.25, 0.3) is 0 Å². The van der Waals surface area contributed by atoms with Gasteiger partial charge in [-0.05, 0) is 29.9 Å². The Bertz CT molecular complexity index is 1240. The number of methoxy groups -OCH3 is 1. The number of para-hydroxylation sites is 1. The smallest absolute Gasteiger partial charge is 0.229 e. The summed E-state index contributed by atoms with van der Waals surface area (Å²) in [5.41, 5.74) is -3.08. The monoisotopic (exact) mass is 387 g/mol. The lowest BCUT2D eigenvalue weighted by Crippen LogP contribution is -2.59. The predicted molar refractivity (Wildman–Crippen MR) is 108 cm³/mol. The van der Waals surface area contributed by atoms with E-state index in [-0.39, 0.29) is 4.88 Å². The third-order valence-electron chi connectivity index (χ3n) is 4.11. The number of anilines is 1. The Morgan fingerprint density at radius 3 is 2.88 bits per heavy atom. The third kappa shape index (κ3) is 4.17. The number of likely N-dealkylation sites (tertiary alicyclic amines) is 1. The van der Waals surface area contributed by atoms with E-state index in [1.165, 1.54) is 6.07 Å². The Morgan fingerprint density at radius 2 is 2.23 bits per heavy atom. The third-order valence-corrected chi connectivity index (χ3v) is 4.90. The second-order valence-electron chi connectivity index (χ2n) is 5.63. The maximum absolute atomic E-state index is 13.6. The minimum absolute atomic E-state index is 0.103. The van der Waals surface area contributed by atoms with Crippen LogP contribution in [0.2, 0.25) is 0 Å². The SMILES string of the molecule is [2H]c1c([2H])c([2H])c(N(C(=O)CC([2H])([2H])[2H])C2(OC([2H])([2H])[2H])CCN(C([2H])([2H])C([2H])([2H])c3cccs3)CC2)c([2H])c1[2H]. The zero-order valence-electron chi connectivity index (χ0n) is 28.9. The fraction of sp³-hybridized carbons (Fsp3) is 0.476. The first-order valence-electron chi connectivity index (χ1n) is 15.4. The van der Waals surface area contributed by atoms with Crippen LogP contribution in [0.25, 0.3) is 0 Å². The summed E-state index contributed by atoms with van der Waals surface area (Å²) in [5, 5.41) is 1.59. The molecule has 5 heteroatoms. The molecule has 140 valence electrons. The summed E-state index contributed by atoms with van der Waals surface area (Å²) in [6, 6.07) is -1.29. The molecule has 0 bridgehead atoms. The molecule has 0 saturated carbocycles. The zero-order chi connectivity index (χ0) is 31.3. The van der Waals surface area contributed by atoms with E-state index in [9.17, 15) is 4.79 Å². The number of amides is 1. The highest BCUT2D eigenvalue weighted by Crippen LogP contribution is 2.34. The number of aryl methyl sites for hydroxylation is 1. The van der Waals surface area contributed by atoms with Crippen LogP contribution >= 0.6 is 11.3 Å². The van der Waals surface area contributed by atoms with Gasteiger partial charge in [0.15, 0.2) is 0 Å². The van der Waals surface area contributed by atoms with Gasteiger partial charge in [0.05, 0.1) is 11.0 Å². The molecule has 0 N–H and O–H groups in total. The van der Waals surface area contributed by atoms with Crippen LogP contribution in [-0.2, 0) is 15.9 Å². The van der Waals surface area contributed by atoms with E-state index in [0.29, 0.717) is 4.90 Å². The van der Waals surface area contributed by atoms with E-state index in [1.807, 2.05) is 0 Å². The molecule has 1 aromatic carbocycles. The molecule has 1 saturated heterocycles. The number of rotatable bonds is 7. The predicted octanol–water partition coefficient (Wildman–Crippen LogP) is 4.17. The second kappa shape index (κ2) is 8.80. The molecule has 26 heavy (non-hydrogen) atoms. The van der Waals surface area contributed by atoms with E-state index < -0.39 is 107 Å². The van der Waals surface area contributed by atoms with Gasteiger partial charge >= 0.3 is 0 Å². The molecule has 4 nitrogen and oxygen atoms in total. The molecular weight excluding hydrogens is 344 g/mol. The van der Waals surface area contributed by atoms with Crippen molar-refractivity contribution in [2.45, 2.75) is 38.2 Å². The van der Waals surface area contributed by atoms with Crippen LogP contribution in [0.1, 0.15) is 51.6 Å². The number of piperidine rings is 1. The molecular formula is C21H28N2O2S. The summed E-state index contributed by atoms with van der Waals surface area (Å²) < 4.78 is 127. The minimum Gasteiger partial charge on any atom is -0.358 e. The van der Waals surface area contributed by atoms with Gasteiger partial charge in [0, 0.05) is 66.0 Å². The number of hydrogen-bond acceptors (Lipinski definition) is 4. The maximum atomic E-state index is 13.6. The van der Waals surface area contributed by atoms with Crippen molar-refractivity contribution in [3.8, 4) is 0 Å². The zero-order valence-corrected chi connectivity index (χ0v) is 14.7. The van der Waals surface area contributed by atoms with Crippen LogP contribution in [0.4, 0.5) is 5.69 Å². The Morgan fingerprint density at radius 1 is 1.42 bits per heavy atom. The molecule has 3 rings (SSSR count). The largest absolute Gasteiger partial charge is 0.358 e. The summed E-state index contributed by atoms with van der Waals surface area (Å²) in [5.74, 6) is -1.29. The molecule has 1 fully saturated rings. The van der Waals surface area contributed by atoms with E-state index in [4.69, 9.17) is 25.3 Å². The van der Waals surface area contributed by atoms with Gasteiger partial charge in [-0.1, -0.05) is 31.0 Å². The Labute approximate surface area is 181 Å².